The molecule has 0 bridgehead atoms. The van der Waals surface area contributed by atoms with Crippen molar-refractivity contribution in [2.45, 2.75) is 19.4 Å². The van der Waals surface area contributed by atoms with Crippen molar-refractivity contribution in [1.29, 1.82) is 0 Å². The van der Waals surface area contributed by atoms with Crippen molar-refractivity contribution in [2.24, 2.45) is 10.9 Å². The monoisotopic (exact) mass is 287 g/mol. The van der Waals surface area contributed by atoms with E-state index in [9.17, 15) is 0 Å². The Morgan fingerprint density at radius 2 is 2.19 bits per heavy atom. The minimum atomic E-state index is -0.143. The van der Waals surface area contributed by atoms with E-state index in [0.29, 0.717) is 6.54 Å². The van der Waals surface area contributed by atoms with Crippen LogP contribution in [0.2, 0.25) is 0 Å². The molecule has 0 aliphatic rings. The molecule has 1 aromatic carbocycles. The summed E-state index contributed by atoms with van der Waals surface area (Å²) in [5.41, 5.74) is 7.96. The molecule has 1 aromatic heterocycles. The van der Waals surface area contributed by atoms with Gasteiger partial charge in [0.2, 0.25) is 0 Å². The van der Waals surface area contributed by atoms with Crippen LogP contribution in [0.25, 0.3) is 0 Å². The highest BCUT2D eigenvalue weighted by Crippen LogP contribution is 2.14. The van der Waals surface area contributed by atoms with Gasteiger partial charge in [-0.3, -0.25) is 4.68 Å². The number of hydrogen-bond donors (Lipinski definition) is 3. The Morgan fingerprint density at radius 3 is 2.81 bits per heavy atom. The zero-order chi connectivity index (χ0) is 15.1. The van der Waals surface area contributed by atoms with E-state index in [1.54, 1.807) is 0 Å². The molecule has 1 unspecified atom stereocenters. The summed E-state index contributed by atoms with van der Waals surface area (Å²) in [6, 6.07) is 9.78. The van der Waals surface area contributed by atoms with Crippen molar-refractivity contribution in [3.8, 4) is 0 Å². The molecule has 0 aliphatic carbocycles. The van der Waals surface area contributed by atoms with Gasteiger partial charge < -0.3 is 16.3 Å². The lowest BCUT2D eigenvalue weighted by atomic mass is 9.98. The largest absolute Gasteiger partial charge is 0.409 e. The lowest BCUT2D eigenvalue weighted by molar-refractivity contribution is 0.315. The van der Waals surface area contributed by atoms with Gasteiger partial charge in [-0.1, -0.05) is 35.5 Å². The van der Waals surface area contributed by atoms with Crippen LogP contribution >= 0.6 is 0 Å². The molecule has 0 amide bonds. The zero-order valence-electron chi connectivity index (χ0n) is 12.1. The van der Waals surface area contributed by atoms with Gasteiger partial charge in [0.15, 0.2) is 0 Å². The third-order valence-corrected chi connectivity index (χ3v) is 3.30. The second-order valence-electron chi connectivity index (χ2n) is 4.97. The molecule has 21 heavy (non-hydrogen) atoms. The Bertz CT molecular complexity index is 579. The number of nitrogens with two attached hydrogens (primary N) is 1. The summed E-state index contributed by atoms with van der Waals surface area (Å²) in [6.45, 7) is 4.18. The number of nitrogens with one attached hydrogen (secondary N) is 1. The van der Waals surface area contributed by atoms with Gasteiger partial charge in [-0.15, -0.1) is 0 Å². The van der Waals surface area contributed by atoms with Crippen LogP contribution in [0.5, 0.6) is 0 Å². The van der Waals surface area contributed by atoms with E-state index in [-0.39, 0.29) is 11.8 Å². The number of oxime groups is 1. The fraction of sp³-hybridized carbons (Fsp3) is 0.333. The summed E-state index contributed by atoms with van der Waals surface area (Å²) < 4.78 is 1.89. The van der Waals surface area contributed by atoms with Gasteiger partial charge in [0, 0.05) is 19.3 Å². The van der Waals surface area contributed by atoms with Crippen molar-refractivity contribution in [2.75, 3.05) is 13.1 Å². The maximum absolute atomic E-state index is 8.92. The Morgan fingerprint density at radius 1 is 1.43 bits per heavy atom. The van der Waals surface area contributed by atoms with Crippen LogP contribution in [0, 0.1) is 6.92 Å². The molecule has 0 aliphatic heterocycles. The standard InChI is InChI=1S/C15H21N5O/c1-12-9-18-20(11-12)8-7-17-10-14(15(16)19-21)13-5-3-2-4-6-13/h2-6,9,11,14,17,21H,7-8,10H2,1H3,(H2,16,19). The lowest BCUT2D eigenvalue weighted by Gasteiger charge is -2.16. The number of amidine groups is 1. The van der Waals surface area contributed by atoms with Crippen molar-refractivity contribution in [3.63, 3.8) is 0 Å². The van der Waals surface area contributed by atoms with Gasteiger partial charge in [-0.05, 0) is 18.1 Å². The molecule has 0 fully saturated rings. The first-order chi connectivity index (χ1) is 10.2. The van der Waals surface area contributed by atoms with Gasteiger partial charge in [0.1, 0.15) is 5.84 Å². The first kappa shape index (κ1) is 15.1. The third kappa shape index (κ3) is 4.32. The smallest absolute Gasteiger partial charge is 0.147 e. The molecule has 0 spiro atoms. The van der Waals surface area contributed by atoms with Crippen molar-refractivity contribution < 1.29 is 5.21 Å². The molecule has 1 atom stereocenters. The van der Waals surface area contributed by atoms with Gasteiger partial charge in [-0.25, -0.2) is 0 Å². The second-order valence-corrected chi connectivity index (χ2v) is 4.97. The number of benzene rings is 1. The van der Waals surface area contributed by atoms with E-state index >= 15 is 0 Å². The summed E-state index contributed by atoms with van der Waals surface area (Å²) in [4.78, 5) is 0. The average Bonchev–Trinajstić information content (AvgIpc) is 2.93. The predicted molar refractivity (Wildman–Crippen MR) is 82.4 cm³/mol. The van der Waals surface area contributed by atoms with E-state index in [1.807, 2.05) is 54.3 Å². The Kier molecular flexibility index (Phi) is 5.34. The highest BCUT2D eigenvalue weighted by Gasteiger charge is 2.15. The maximum atomic E-state index is 8.92. The lowest BCUT2D eigenvalue weighted by Crippen LogP contribution is -2.33. The summed E-state index contributed by atoms with van der Waals surface area (Å²) in [7, 11) is 0. The van der Waals surface area contributed by atoms with Gasteiger partial charge in [-0.2, -0.15) is 5.10 Å². The third-order valence-electron chi connectivity index (χ3n) is 3.30. The van der Waals surface area contributed by atoms with E-state index < -0.39 is 0 Å². The van der Waals surface area contributed by atoms with Crippen LogP contribution in [0.3, 0.4) is 0 Å². The summed E-state index contributed by atoms with van der Waals surface area (Å²) in [5.74, 6) is 0.0687. The van der Waals surface area contributed by atoms with Crippen molar-refractivity contribution in [3.05, 3.63) is 53.9 Å². The second kappa shape index (κ2) is 7.44. The molecule has 0 saturated carbocycles. The minimum absolute atomic E-state index is 0.143. The molecule has 0 saturated heterocycles. The molecule has 0 radical (unpaired) electrons. The molecule has 2 aromatic rings. The topological polar surface area (TPSA) is 88.5 Å². The van der Waals surface area contributed by atoms with Crippen LogP contribution in [0.15, 0.2) is 47.9 Å². The van der Waals surface area contributed by atoms with Crippen LogP contribution in [0.4, 0.5) is 0 Å². The van der Waals surface area contributed by atoms with Crippen molar-refractivity contribution >= 4 is 5.84 Å². The zero-order valence-corrected chi connectivity index (χ0v) is 12.1. The fourth-order valence-corrected chi connectivity index (χ4v) is 2.18. The van der Waals surface area contributed by atoms with E-state index in [1.165, 1.54) is 0 Å². The molecule has 6 heteroatoms. The Labute approximate surface area is 124 Å². The number of aryl methyl sites for hydroxylation is 1. The molecule has 112 valence electrons. The van der Waals surface area contributed by atoms with Gasteiger partial charge in [0.05, 0.1) is 18.7 Å². The SMILES string of the molecule is Cc1cnn(CCNCC(/C(N)=N/O)c2ccccc2)c1. The Hall–Kier alpha value is -2.34. The number of aromatic nitrogens is 2. The van der Waals surface area contributed by atoms with Crippen LogP contribution in [-0.2, 0) is 6.54 Å². The highest BCUT2D eigenvalue weighted by molar-refractivity contribution is 5.87. The van der Waals surface area contributed by atoms with Gasteiger partial charge in [0.25, 0.3) is 0 Å². The van der Waals surface area contributed by atoms with E-state index in [2.05, 4.69) is 15.6 Å². The molecular weight excluding hydrogens is 266 g/mol. The van der Waals surface area contributed by atoms with Crippen LogP contribution < -0.4 is 11.1 Å². The summed E-state index contributed by atoms with van der Waals surface area (Å²) >= 11 is 0. The molecule has 4 N–H and O–H groups in total. The Balaban J connectivity index is 1.88. The number of hydrogen-bond acceptors (Lipinski definition) is 4. The molecule has 6 nitrogen and oxygen atoms in total. The number of nitrogens with zero attached hydrogens (tertiary/aromatic N) is 3. The number of rotatable bonds is 7. The van der Waals surface area contributed by atoms with Crippen molar-refractivity contribution in [1.82, 2.24) is 15.1 Å². The summed E-state index contributed by atoms with van der Waals surface area (Å²) in [5, 5.41) is 19.6. The van der Waals surface area contributed by atoms with Crippen LogP contribution in [0.1, 0.15) is 17.0 Å². The highest BCUT2D eigenvalue weighted by atomic mass is 16.4. The predicted octanol–water partition coefficient (Wildman–Crippen LogP) is 1.31. The van der Waals surface area contributed by atoms with Gasteiger partial charge >= 0.3 is 0 Å². The molecular formula is C15H21N5O. The first-order valence-electron chi connectivity index (χ1n) is 6.93. The molecule has 2 rings (SSSR count). The fourth-order valence-electron chi connectivity index (χ4n) is 2.18. The maximum Gasteiger partial charge on any atom is 0.147 e. The average molecular weight is 287 g/mol. The van der Waals surface area contributed by atoms with E-state index in [0.717, 1.165) is 24.2 Å². The minimum Gasteiger partial charge on any atom is -0.409 e. The molecule has 1 heterocycles. The quantitative estimate of drug-likeness (QED) is 0.235. The first-order valence-corrected chi connectivity index (χ1v) is 6.93. The van der Waals surface area contributed by atoms with Crippen LogP contribution in [-0.4, -0.2) is 33.9 Å². The summed E-state index contributed by atoms with van der Waals surface area (Å²) in [6.07, 6.45) is 3.84. The van der Waals surface area contributed by atoms with E-state index in [4.69, 9.17) is 10.9 Å². The normalized spacial score (nSPS) is 13.3.